The molecule has 112 valence electrons. The first-order valence-corrected chi connectivity index (χ1v) is 8.62. The summed E-state index contributed by atoms with van der Waals surface area (Å²) in [5.74, 6) is 0. The van der Waals surface area contributed by atoms with E-state index in [0.29, 0.717) is 11.4 Å². The second kappa shape index (κ2) is 5.84. The molecule has 2 rings (SSSR count). The van der Waals surface area contributed by atoms with Crippen molar-refractivity contribution in [2.24, 2.45) is 0 Å². The van der Waals surface area contributed by atoms with E-state index in [2.05, 4.69) is 5.32 Å². The van der Waals surface area contributed by atoms with Gasteiger partial charge in [0.2, 0.25) is 10.0 Å². The maximum Gasteiger partial charge on any atom is 0.243 e. The van der Waals surface area contributed by atoms with Crippen LogP contribution in [0.3, 0.4) is 0 Å². The van der Waals surface area contributed by atoms with Crippen molar-refractivity contribution < 1.29 is 8.42 Å². The van der Waals surface area contributed by atoms with Crippen molar-refractivity contribution in [2.75, 3.05) is 19.6 Å². The monoisotopic (exact) mass is 296 g/mol. The van der Waals surface area contributed by atoms with Gasteiger partial charge < -0.3 is 5.32 Å². The van der Waals surface area contributed by atoms with Gasteiger partial charge in [-0.25, -0.2) is 8.42 Å². The topological polar surface area (TPSA) is 49.4 Å². The molecule has 0 unspecified atom stereocenters. The Balaban J connectivity index is 2.47. The summed E-state index contributed by atoms with van der Waals surface area (Å²) >= 11 is 0. The summed E-state index contributed by atoms with van der Waals surface area (Å²) in [6, 6.07) is 3.99. The third-order valence-electron chi connectivity index (χ3n) is 3.78. The van der Waals surface area contributed by atoms with Crippen LogP contribution in [0.1, 0.15) is 30.0 Å². The highest BCUT2D eigenvalue weighted by molar-refractivity contribution is 7.89. The van der Waals surface area contributed by atoms with Crippen LogP contribution >= 0.6 is 0 Å². The number of nitrogens with one attached hydrogen (secondary N) is 1. The standard InChI is InChI=1S/C15H24N2O2S/c1-5-6-17(14-9-16-10-14)20(18,19)15-12(3)7-11(2)8-13(15)4/h7-8,14,16H,5-6,9-10H2,1-4H3. The Kier molecular flexibility index (Phi) is 4.52. The van der Waals surface area contributed by atoms with E-state index in [4.69, 9.17) is 0 Å². The fourth-order valence-corrected chi connectivity index (χ4v) is 5.02. The lowest BCUT2D eigenvalue weighted by molar-refractivity contribution is 0.241. The summed E-state index contributed by atoms with van der Waals surface area (Å²) in [4.78, 5) is 0.489. The van der Waals surface area contributed by atoms with Crippen molar-refractivity contribution in [3.63, 3.8) is 0 Å². The Morgan fingerprint density at radius 1 is 1.20 bits per heavy atom. The van der Waals surface area contributed by atoms with Gasteiger partial charge in [0.05, 0.1) is 10.9 Å². The highest BCUT2D eigenvalue weighted by Crippen LogP contribution is 2.27. The average Bonchev–Trinajstić information content (AvgIpc) is 2.23. The van der Waals surface area contributed by atoms with Gasteiger partial charge in [0.15, 0.2) is 0 Å². The molecule has 1 saturated heterocycles. The van der Waals surface area contributed by atoms with Crippen molar-refractivity contribution >= 4 is 10.0 Å². The van der Waals surface area contributed by atoms with Crippen LogP contribution in [-0.2, 0) is 10.0 Å². The molecule has 1 aromatic carbocycles. The van der Waals surface area contributed by atoms with Gasteiger partial charge >= 0.3 is 0 Å². The number of aryl methyl sites for hydroxylation is 3. The Bertz CT molecular complexity index is 569. The Labute approximate surface area is 122 Å². The maximum atomic E-state index is 13.0. The molecule has 0 aliphatic carbocycles. The summed E-state index contributed by atoms with van der Waals surface area (Å²) in [6.07, 6.45) is 0.833. The van der Waals surface area contributed by atoms with Crippen molar-refractivity contribution in [1.29, 1.82) is 0 Å². The number of rotatable bonds is 5. The molecule has 0 atom stereocenters. The van der Waals surface area contributed by atoms with Crippen LogP contribution in [-0.4, -0.2) is 38.4 Å². The molecular weight excluding hydrogens is 272 g/mol. The van der Waals surface area contributed by atoms with Gasteiger partial charge in [-0.1, -0.05) is 24.6 Å². The van der Waals surface area contributed by atoms with Gasteiger partial charge in [-0.2, -0.15) is 4.31 Å². The highest BCUT2D eigenvalue weighted by Gasteiger charge is 2.35. The Hall–Kier alpha value is -0.910. The smallest absolute Gasteiger partial charge is 0.243 e. The maximum absolute atomic E-state index is 13.0. The van der Waals surface area contributed by atoms with E-state index in [1.165, 1.54) is 0 Å². The minimum absolute atomic E-state index is 0.0973. The number of sulfonamides is 1. The molecule has 5 heteroatoms. The SMILES string of the molecule is CCCN(C1CNC1)S(=O)(=O)c1c(C)cc(C)cc1C. The van der Waals surface area contributed by atoms with Crippen LogP contribution in [0.2, 0.25) is 0 Å². The summed E-state index contributed by atoms with van der Waals surface area (Å²) in [5, 5.41) is 3.16. The molecule has 4 nitrogen and oxygen atoms in total. The normalized spacial score (nSPS) is 16.4. The highest BCUT2D eigenvalue weighted by atomic mass is 32.2. The van der Waals surface area contributed by atoms with E-state index in [1.54, 1.807) is 4.31 Å². The molecule has 0 spiro atoms. The molecule has 0 bridgehead atoms. The summed E-state index contributed by atoms with van der Waals surface area (Å²) in [5.41, 5.74) is 2.79. The van der Waals surface area contributed by atoms with Crippen LogP contribution in [0.4, 0.5) is 0 Å². The Morgan fingerprint density at radius 3 is 2.15 bits per heavy atom. The lowest BCUT2D eigenvalue weighted by atomic mass is 10.1. The zero-order valence-corrected chi connectivity index (χ0v) is 13.5. The minimum atomic E-state index is -3.41. The van der Waals surface area contributed by atoms with Gasteiger partial charge in [-0.15, -0.1) is 0 Å². The van der Waals surface area contributed by atoms with Gasteiger partial charge in [-0.3, -0.25) is 0 Å². The molecule has 20 heavy (non-hydrogen) atoms. The zero-order valence-electron chi connectivity index (χ0n) is 12.7. The average molecular weight is 296 g/mol. The second-order valence-electron chi connectivity index (χ2n) is 5.66. The van der Waals surface area contributed by atoms with E-state index in [9.17, 15) is 8.42 Å². The third kappa shape index (κ3) is 2.75. The first kappa shape index (κ1) is 15.5. The second-order valence-corrected chi connectivity index (χ2v) is 7.48. The quantitative estimate of drug-likeness (QED) is 0.904. The molecule has 0 radical (unpaired) electrons. The third-order valence-corrected chi connectivity index (χ3v) is 6.04. The van der Waals surface area contributed by atoms with E-state index in [0.717, 1.165) is 36.2 Å². The summed E-state index contributed by atoms with van der Waals surface area (Å²) in [7, 11) is -3.41. The van der Waals surface area contributed by atoms with Crippen LogP contribution in [0.5, 0.6) is 0 Å². The largest absolute Gasteiger partial charge is 0.313 e. The minimum Gasteiger partial charge on any atom is -0.313 e. The lowest BCUT2D eigenvalue weighted by Crippen LogP contribution is -2.59. The molecule has 1 aliphatic heterocycles. The van der Waals surface area contributed by atoms with Crippen molar-refractivity contribution in [3.05, 3.63) is 28.8 Å². The molecule has 1 heterocycles. The fraction of sp³-hybridized carbons (Fsp3) is 0.600. The van der Waals surface area contributed by atoms with Crippen molar-refractivity contribution in [3.8, 4) is 0 Å². The first-order valence-electron chi connectivity index (χ1n) is 7.18. The molecule has 1 aromatic rings. The van der Waals surface area contributed by atoms with E-state index in [1.807, 2.05) is 39.8 Å². The molecule has 1 N–H and O–H groups in total. The molecule has 0 saturated carbocycles. The van der Waals surface area contributed by atoms with Crippen molar-refractivity contribution in [2.45, 2.75) is 45.1 Å². The van der Waals surface area contributed by atoms with Gasteiger partial charge in [0, 0.05) is 19.6 Å². The van der Waals surface area contributed by atoms with Crippen LogP contribution in [0.25, 0.3) is 0 Å². The first-order chi connectivity index (χ1) is 9.37. The van der Waals surface area contributed by atoms with Crippen LogP contribution < -0.4 is 5.32 Å². The lowest BCUT2D eigenvalue weighted by Gasteiger charge is -2.37. The van der Waals surface area contributed by atoms with E-state index < -0.39 is 10.0 Å². The van der Waals surface area contributed by atoms with Crippen LogP contribution in [0.15, 0.2) is 17.0 Å². The van der Waals surface area contributed by atoms with Gasteiger partial charge in [-0.05, 0) is 38.3 Å². The molecular formula is C15H24N2O2S. The van der Waals surface area contributed by atoms with E-state index >= 15 is 0 Å². The Morgan fingerprint density at radius 2 is 1.75 bits per heavy atom. The van der Waals surface area contributed by atoms with Crippen LogP contribution in [0, 0.1) is 20.8 Å². The summed E-state index contributed by atoms with van der Waals surface area (Å²) in [6.45, 7) is 9.87. The fourth-order valence-electron chi connectivity index (χ4n) is 2.89. The number of benzene rings is 1. The van der Waals surface area contributed by atoms with Gasteiger partial charge in [0.25, 0.3) is 0 Å². The van der Waals surface area contributed by atoms with E-state index in [-0.39, 0.29) is 6.04 Å². The molecule has 0 amide bonds. The molecule has 1 aliphatic rings. The molecule has 1 fully saturated rings. The van der Waals surface area contributed by atoms with Crippen molar-refractivity contribution in [1.82, 2.24) is 9.62 Å². The molecule has 0 aromatic heterocycles. The van der Waals surface area contributed by atoms with Gasteiger partial charge in [0.1, 0.15) is 0 Å². The predicted molar refractivity (Wildman–Crippen MR) is 81.5 cm³/mol. The zero-order chi connectivity index (χ0) is 14.9. The number of hydrogen-bond donors (Lipinski definition) is 1. The summed E-state index contributed by atoms with van der Waals surface area (Å²) < 4.78 is 27.7. The number of nitrogens with zero attached hydrogens (tertiary/aromatic N) is 1. The number of hydrogen-bond acceptors (Lipinski definition) is 3. The predicted octanol–water partition coefficient (Wildman–Crippen LogP) is 1.98.